The summed E-state index contributed by atoms with van der Waals surface area (Å²) in [6.07, 6.45) is 18.0. The van der Waals surface area contributed by atoms with Crippen LogP contribution in [0.3, 0.4) is 0 Å². The van der Waals surface area contributed by atoms with E-state index >= 15 is 0 Å². The highest BCUT2D eigenvalue weighted by Gasteiger charge is 2.28. The quantitative estimate of drug-likeness (QED) is 0.0845. The number of rotatable bonds is 23. The predicted molar refractivity (Wildman–Crippen MR) is 152 cm³/mol. The Hall–Kier alpha value is -2.11. The van der Waals surface area contributed by atoms with Crippen molar-refractivity contribution in [1.29, 1.82) is 0 Å². The van der Waals surface area contributed by atoms with E-state index in [-0.39, 0.29) is 17.2 Å². The molecule has 1 rings (SSSR count). The fourth-order valence-electron chi connectivity index (χ4n) is 4.70. The average Bonchev–Trinajstić information content (AvgIpc) is 2.88. The number of phenolic OH excluding ortho intramolecular Hbond substituents is 1. The van der Waals surface area contributed by atoms with E-state index in [2.05, 4.69) is 13.8 Å². The molecule has 0 aliphatic carbocycles. The molecule has 1 aromatic rings. The van der Waals surface area contributed by atoms with Crippen LogP contribution in [0.25, 0.3) is 0 Å². The summed E-state index contributed by atoms with van der Waals surface area (Å²) in [6, 6.07) is 0. The highest BCUT2D eigenvalue weighted by molar-refractivity contribution is 5.71. The standard InChI is InChI=1S/C31H54O6/c1-5-9-11-13-15-17-19-21-25-26(22-20-18-16-14-12-10-6-2)29(35-23-7-3)30(36-24-8-4)27(32)28(25)37-31(33)34/h32H,5-24H2,1-4H3,(H,33,34). The monoisotopic (exact) mass is 522 g/mol. The maximum atomic E-state index is 11.6. The molecule has 0 atom stereocenters. The SMILES string of the molecule is CCCCCCCCCc1c(CCCCCCCCC)c(OCCC)c(OCCC)c(O)c1OC(=O)O. The van der Waals surface area contributed by atoms with Crippen LogP contribution in [-0.4, -0.2) is 29.6 Å². The summed E-state index contributed by atoms with van der Waals surface area (Å²) >= 11 is 0. The fraction of sp³-hybridized carbons (Fsp3) is 0.774. The molecule has 0 saturated carbocycles. The van der Waals surface area contributed by atoms with E-state index in [1.807, 2.05) is 13.8 Å². The Balaban J connectivity index is 3.27. The van der Waals surface area contributed by atoms with Gasteiger partial charge in [-0.25, -0.2) is 4.79 Å². The van der Waals surface area contributed by atoms with E-state index in [1.165, 1.54) is 57.8 Å². The number of hydrogen-bond donors (Lipinski definition) is 2. The van der Waals surface area contributed by atoms with Gasteiger partial charge in [0.2, 0.25) is 11.5 Å². The first-order chi connectivity index (χ1) is 18.0. The van der Waals surface area contributed by atoms with Gasteiger partial charge in [0.05, 0.1) is 13.2 Å². The molecule has 0 spiro atoms. The molecule has 0 aliphatic rings. The zero-order valence-corrected chi connectivity index (χ0v) is 24.2. The number of ether oxygens (including phenoxy) is 3. The molecule has 0 bridgehead atoms. The zero-order chi connectivity index (χ0) is 27.3. The lowest BCUT2D eigenvalue weighted by molar-refractivity contribution is 0.141. The predicted octanol–water partition coefficient (Wildman–Crippen LogP) is 9.61. The zero-order valence-electron chi connectivity index (χ0n) is 24.2. The smallest absolute Gasteiger partial charge is 0.502 e. The Morgan fingerprint density at radius 3 is 1.41 bits per heavy atom. The van der Waals surface area contributed by atoms with Gasteiger partial charge in [-0.05, 0) is 38.5 Å². The van der Waals surface area contributed by atoms with Crippen molar-refractivity contribution in [2.24, 2.45) is 0 Å². The van der Waals surface area contributed by atoms with Crippen molar-refractivity contribution >= 4 is 6.16 Å². The minimum absolute atomic E-state index is 0.0198. The molecule has 214 valence electrons. The topological polar surface area (TPSA) is 85.2 Å². The van der Waals surface area contributed by atoms with Crippen LogP contribution in [0.15, 0.2) is 0 Å². The first-order valence-electron chi connectivity index (χ1n) is 15.1. The molecular weight excluding hydrogens is 468 g/mol. The van der Waals surface area contributed by atoms with Crippen LogP contribution in [-0.2, 0) is 12.8 Å². The second-order valence-electron chi connectivity index (χ2n) is 10.1. The fourth-order valence-corrected chi connectivity index (χ4v) is 4.70. The number of aromatic hydroxyl groups is 1. The number of phenols is 1. The molecular formula is C31H54O6. The summed E-state index contributed by atoms with van der Waals surface area (Å²) < 4.78 is 17.3. The highest BCUT2D eigenvalue weighted by Crippen LogP contribution is 2.50. The van der Waals surface area contributed by atoms with Gasteiger partial charge >= 0.3 is 6.16 Å². The number of unbranched alkanes of at least 4 members (excludes halogenated alkanes) is 12. The van der Waals surface area contributed by atoms with Gasteiger partial charge in [0, 0.05) is 11.1 Å². The normalized spacial score (nSPS) is 11.0. The molecule has 2 N–H and O–H groups in total. The molecule has 37 heavy (non-hydrogen) atoms. The van der Waals surface area contributed by atoms with E-state index in [4.69, 9.17) is 14.2 Å². The molecule has 1 aromatic carbocycles. The van der Waals surface area contributed by atoms with Crippen molar-refractivity contribution in [3.63, 3.8) is 0 Å². The van der Waals surface area contributed by atoms with Crippen molar-refractivity contribution in [3.8, 4) is 23.0 Å². The van der Waals surface area contributed by atoms with Crippen molar-refractivity contribution in [3.05, 3.63) is 11.1 Å². The van der Waals surface area contributed by atoms with Crippen LogP contribution in [0, 0.1) is 0 Å². The van der Waals surface area contributed by atoms with Crippen LogP contribution in [0.5, 0.6) is 23.0 Å². The lowest BCUT2D eigenvalue weighted by Crippen LogP contribution is -2.12. The molecule has 6 nitrogen and oxygen atoms in total. The molecule has 0 aliphatic heterocycles. The van der Waals surface area contributed by atoms with Crippen LogP contribution < -0.4 is 14.2 Å². The third-order valence-electron chi connectivity index (χ3n) is 6.70. The molecule has 0 amide bonds. The van der Waals surface area contributed by atoms with Gasteiger partial charge in [-0.3, -0.25) is 0 Å². The Morgan fingerprint density at radius 1 is 0.568 bits per heavy atom. The first kappa shape index (κ1) is 32.9. The molecule has 0 fully saturated rings. The number of carbonyl (C=O) groups is 1. The van der Waals surface area contributed by atoms with Crippen molar-refractivity contribution in [2.45, 2.75) is 143 Å². The molecule has 0 unspecified atom stereocenters. The second kappa shape index (κ2) is 20.9. The van der Waals surface area contributed by atoms with Gasteiger partial charge in [0.1, 0.15) is 0 Å². The maximum absolute atomic E-state index is 11.6. The van der Waals surface area contributed by atoms with Gasteiger partial charge in [-0.2, -0.15) is 0 Å². The first-order valence-corrected chi connectivity index (χ1v) is 15.1. The van der Waals surface area contributed by atoms with Crippen LogP contribution in [0.2, 0.25) is 0 Å². The third kappa shape index (κ3) is 12.8. The highest BCUT2D eigenvalue weighted by atomic mass is 16.7. The van der Waals surface area contributed by atoms with Gasteiger partial charge in [-0.1, -0.05) is 105 Å². The summed E-state index contributed by atoms with van der Waals surface area (Å²) in [7, 11) is 0. The lowest BCUT2D eigenvalue weighted by atomic mass is 9.93. The molecule has 0 aromatic heterocycles. The van der Waals surface area contributed by atoms with Gasteiger partial charge in [-0.15, -0.1) is 0 Å². The molecule has 0 heterocycles. The minimum atomic E-state index is -1.43. The molecule has 6 heteroatoms. The average molecular weight is 523 g/mol. The summed E-state index contributed by atoms with van der Waals surface area (Å²) in [5, 5.41) is 20.6. The summed E-state index contributed by atoms with van der Waals surface area (Å²) in [5.41, 5.74) is 1.70. The van der Waals surface area contributed by atoms with E-state index in [9.17, 15) is 15.0 Å². The van der Waals surface area contributed by atoms with Crippen LogP contribution in [0.4, 0.5) is 4.79 Å². The van der Waals surface area contributed by atoms with Crippen molar-refractivity contribution < 1.29 is 29.2 Å². The van der Waals surface area contributed by atoms with E-state index < -0.39 is 6.16 Å². The van der Waals surface area contributed by atoms with E-state index in [0.717, 1.165) is 62.5 Å². The number of hydrogen-bond acceptors (Lipinski definition) is 5. The molecule has 0 saturated heterocycles. The second-order valence-corrected chi connectivity index (χ2v) is 10.1. The Kier molecular flexibility index (Phi) is 18.6. The van der Waals surface area contributed by atoms with E-state index in [0.29, 0.717) is 25.4 Å². The Bertz CT molecular complexity index is 746. The largest absolute Gasteiger partial charge is 0.511 e. The summed E-state index contributed by atoms with van der Waals surface area (Å²) in [5.74, 6) is 0.539. The third-order valence-corrected chi connectivity index (χ3v) is 6.70. The van der Waals surface area contributed by atoms with Gasteiger partial charge in [0.15, 0.2) is 11.5 Å². The Morgan fingerprint density at radius 2 is 0.973 bits per heavy atom. The lowest BCUT2D eigenvalue weighted by Gasteiger charge is -2.23. The minimum Gasteiger partial charge on any atom is -0.502 e. The maximum Gasteiger partial charge on any atom is 0.511 e. The van der Waals surface area contributed by atoms with E-state index in [1.54, 1.807) is 0 Å². The van der Waals surface area contributed by atoms with Crippen LogP contribution in [0.1, 0.15) is 142 Å². The number of carboxylic acid groups (broad SMARTS) is 1. The van der Waals surface area contributed by atoms with Crippen molar-refractivity contribution in [1.82, 2.24) is 0 Å². The molecule has 0 radical (unpaired) electrons. The van der Waals surface area contributed by atoms with Crippen LogP contribution >= 0.6 is 0 Å². The van der Waals surface area contributed by atoms with Gasteiger partial charge < -0.3 is 24.4 Å². The summed E-state index contributed by atoms with van der Waals surface area (Å²) in [4.78, 5) is 11.6. The Labute approximate surface area is 226 Å². The van der Waals surface area contributed by atoms with Gasteiger partial charge in [0.25, 0.3) is 0 Å². The summed E-state index contributed by atoms with van der Waals surface area (Å²) in [6.45, 7) is 9.38. The number of benzene rings is 1. The van der Waals surface area contributed by atoms with Crippen molar-refractivity contribution in [2.75, 3.05) is 13.2 Å².